The van der Waals surface area contributed by atoms with Gasteiger partial charge in [0.2, 0.25) is 11.8 Å². The number of aromatic nitrogens is 1. The third kappa shape index (κ3) is 7.31. The van der Waals surface area contributed by atoms with E-state index in [1.807, 2.05) is 45.2 Å². The maximum absolute atomic E-state index is 13.5. The number of nitrogens with zero attached hydrogens (tertiary/aromatic N) is 3. The molecule has 1 aliphatic heterocycles. The van der Waals surface area contributed by atoms with Crippen molar-refractivity contribution in [1.82, 2.24) is 20.1 Å². The average molecular weight is 537 g/mol. The first kappa shape index (κ1) is 27.6. The normalized spacial score (nSPS) is 14.7. The second-order valence-corrected chi connectivity index (χ2v) is 9.96. The van der Waals surface area contributed by atoms with Gasteiger partial charge in [0.1, 0.15) is 17.4 Å². The number of carbonyl (C=O) groups is 2. The Morgan fingerprint density at radius 2 is 1.84 bits per heavy atom. The maximum atomic E-state index is 13.5. The standard InChI is InChI=1S/C29H33ClN4O4/c1-20-6-4-7-22(16-20)18-37-19-25(29(36)34-14-12-33(3)13-15-34)32-27(35)24-8-5-11-31-28(24)38-26-10-9-23(30)17-21(26)2/h4-11,16-17,25H,12-15,18-19H2,1-3H3,(H,32,35). The Labute approximate surface area is 228 Å². The smallest absolute Gasteiger partial charge is 0.257 e. The molecule has 1 unspecified atom stereocenters. The van der Waals surface area contributed by atoms with Gasteiger partial charge in [-0.2, -0.15) is 0 Å². The molecule has 1 aromatic heterocycles. The fourth-order valence-corrected chi connectivity index (χ4v) is 4.46. The van der Waals surface area contributed by atoms with Gasteiger partial charge in [0.25, 0.3) is 5.91 Å². The van der Waals surface area contributed by atoms with E-state index in [9.17, 15) is 9.59 Å². The summed E-state index contributed by atoms with van der Waals surface area (Å²) in [4.78, 5) is 35.1. The lowest BCUT2D eigenvalue weighted by Crippen LogP contribution is -2.55. The highest BCUT2D eigenvalue weighted by Crippen LogP contribution is 2.28. The van der Waals surface area contributed by atoms with Crippen LogP contribution in [0.15, 0.2) is 60.8 Å². The van der Waals surface area contributed by atoms with Gasteiger partial charge >= 0.3 is 0 Å². The van der Waals surface area contributed by atoms with E-state index in [0.717, 1.165) is 29.8 Å². The molecule has 3 aromatic rings. The van der Waals surface area contributed by atoms with Gasteiger partial charge in [-0.1, -0.05) is 41.4 Å². The molecular formula is C29H33ClN4O4. The lowest BCUT2D eigenvalue weighted by atomic mass is 10.1. The quantitative estimate of drug-likeness (QED) is 0.440. The summed E-state index contributed by atoms with van der Waals surface area (Å²) >= 11 is 6.06. The molecule has 38 heavy (non-hydrogen) atoms. The summed E-state index contributed by atoms with van der Waals surface area (Å²) < 4.78 is 11.9. The fourth-order valence-electron chi connectivity index (χ4n) is 4.23. The molecule has 4 rings (SSSR count). The molecule has 0 radical (unpaired) electrons. The summed E-state index contributed by atoms with van der Waals surface area (Å²) in [6.07, 6.45) is 1.55. The van der Waals surface area contributed by atoms with Crippen molar-refractivity contribution in [3.63, 3.8) is 0 Å². The zero-order valence-electron chi connectivity index (χ0n) is 21.9. The molecule has 0 bridgehead atoms. The molecule has 200 valence electrons. The van der Waals surface area contributed by atoms with Crippen molar-refractivity contribution in [1.29, 1.82) is 0 Å². The molecule has 2 aromatic carbocycles. The van der Waals surface area contributed by atoms with E-state index < -0.39 is 11.9 Å². The van der Waals surface area contributed by atoms with Gasteiger partial charge in [0.15, 0.2) is 0 Å². The Morgan fingerprint density at radius 3 is 2.58 bits per heavy atom. The third-order valence-electron chi connectivity index (χ3n) is 6.41. The molecule has 9 heteroatoms. The summed E-state index contributed by atoms with van der Waals surface area (Å²) in [6.45, 7) is 6.99. The Morgan fingerprint density at radius 1 is 1.05 bits per heavy atom. The Balaban J connectivity index is 1.50. The molecule has 1 atom stereocenters. The Hall–Kier alpha value is -3.46. The monoisotopic (exact) mass is 536 g/mol. The molecule has 2 amide bonds. The number of nitrogens with one attached hydrogen (secondary N) is 1. The van der Waals surface area contributed by atoms with Gasteiger partial charge in [-0.05, 0) is 62.4 Å². The van der Waals surface area contributed by atoms with E-state index in [4.69, 9.17) is 21.1 Å². The number of piperazine rings is 1. The minimum absolute atomic E-state index is 0.0393. The lowest BCUT2D eigenvalue weighted by molar-refractivity contribution is -0.136. The van der Waals surface area contributed by atoms with Crippen LogP contribution in [0.2, 0.25) is 5.02 Å². The van der Waals surface area contributed by atoms with Crippen LogP contribution >= 0.6 is 11.6 Å². The van der Waals surface area contributed by atoms with E-state index in [0.29, 0.717) is 30.5 Å². The largest absolute Gasteiger partial charge is 0.438 e. The summed E-state index contributed by atoms with van der Waals surface area (Å²) in [5.74, 6) is 0.0394. The minimum Gasteiger partial charge on any atom is -0.438 e. The summed E-state index contributed by atoms with van der Waals surface area (Å²) in [6, 6.07) is 15.6. The molecule has 8 nitrogen and oxygen atoms in total. The van der Waals surface area contributed by atoms with Gasteiger partial charge < -0.3 is 24.6 Å². The number of ether oxygens (including phenoxy) is 2. The van der Waals surface area contributed by atoms with Crippen molar-refractivity contribution in [3.05, 3.63) is 88.1 Å². The van der Waals surface area contributed by atoms with E-state index in [1.165, 1.54) is 0 Å². The van der Waals surface area contributed by atoms with Crippen LogP contribution < -0.4 is 10.1 Å². The zero-order valence-corrected chi connectivity index (χ0v) is 22.7. The number of aryl methyl sites for hydroxylation is 2. The molecule has 0 saturated carbocycles. The Kier molecular flexibility index (Phi) is 9.33. The van der Waals surface area contributed by atoms with Crippen molar-refractivity contribution in [2.45, 2.75) is 26.5 Å². The van der Waals surface area contributed by atoms with Crippen molar-refractivity contribution in [2.75, 3.05) is 39.8 Å². The number of rotatable bonds is 9. The van der Waals surface area contributed by atoms with Gasteiger partial charge in [0, 0.05) is 37.4 Å². The molecule has 1 aliphatic rings. The molecule has 0 aliphatic carbocycles. The predicted molar refractivity (Wildman–Crippen MR) is 147 cm³/mol. The minimum atomic E-state index is -0.860. The summed E-state index contributed by atoms with van der Waals surface area (Å²) in [7, 11) is 2.03. The lowest BCUT2D eigenvalue weighted by Gasteiger charge is -2.34. The van der Waals surface area contributed by atoms with E-state index in [1.54, 1.807) is 41.4 Å². The van der Waals surface area contributed by atoms with Gasteiger partial charge in [-0.25, -0.2) is 4.98 Å². The number of carbonyl (C=O) groups excluding carboxylic acids is 2. The second kappa shape index (κ2) is 12.9. The zero-order chi connectivity index (χ0) is 27.1. The first-order valence-electron chi connectivity index (χ1n) is 12.6. The average Bonchev–Trinajstić information content (AvgIpc) is 2.90. The van der Waals surface area contributed by atoms with Crippen molar-refractivity contribution in [3.8, 4) is 11.6 Å². The van der Waals surface area contributed by atoms with Crippen LogP contribution in [0.3, 0.4) is 0 Å². The van der Waals surface area contributed by atoms with Crippen molar-refractivity contribution in [2.24, 2.45) is 0 Å². The van der Waals surface area contributed by atoms with Crippen molar-refractivity contribution >= 4 is 23.4 Å². The van der Waals surface area contributed by atoms with Gasteiger partial charge in [-0.15, -0.1) is 0 Å². The number of benzene rings is 2. The summed E-state index contributed by atoms with van der Waals surface area (Å²) in [5, 5.41) is 3.47. The Bertz CT molecular complexity index is 1280. The van der Waals surface area contributed by atoms with Crippen LogP contribution in [0.4, 0.5) is 0 Å². The van der Waals surface area contributed by atoms with Crippen LogP contribution in [0.5, 0.6) is 11.6 Å². The first-order valence-corrected chi connectivity index (χ1v) is 13.0. The number of likely N-dealkylation sites (N-methyl/N-ethyl adjacent to an activating group) is 1. The topological polar surface area (TPSA) is 84.0 Å². The highest BCUT2D eigenvalue weighted by molar-refractivity contribution is 6.30. The number of hydrogen-bond donors (Lipinski definition) is 1. The fraction of sp³-hybridized carbons (Fsp3) is 0.345. The van der Waals surface area contributed by atoms with Gasteiger partial charge in [-0.3, -0.25) is 9.59 Å². The molecule has 1 saturated heterocycles. The van der Waals surface area contributed by atoms with Crippen LogP contribution in [0.25, 0.3) is 0 Å². The van der Waals surface area contributed by atoms with Crippen molar-refractivity contribution < 1.29 is 19.1 Å². The van der Waals surface area contributed by atoms with E-state index in [2.05, 4.69) is 15.2 Å². The van der Waals surface area contributed by atoms with Crippen LogP contribution in [-0.2, 0) is 16.1 Å². The maximum Gasteiger partial charge on any atom is 0.257 e. The number of hydrogen-bond acceptors (Lipinski definition) is 6. The van der Waals surface area contributed by atoms with E-state index >= 15 is 0 Å². The molecule has 1 fully saturated rings. The SMILES string of the molecule is Cc1cccc(COCC(NC(=O)c2cccnc2Oc2ccc(Cl)cc2C)C(=O)N2CCN(C)CC2)c1. The summed E-state index contributed by atoms with van der Waals surface area (Å²) in [5.41, 5.74) is 3.16. The highest BCUT2D eigenvalue weighted by atomic mass is 35.5. The predicted octanol–water partition coefficient (Wildman–Crippen LogP) is 4.23. The first-order chi connectivity index (χ1) is 18.3. The third-order valence-corrected chi connectivity index (χ3v) is 6.65. The molecule has 0 spiro atoms. The van der Waals surface area contributed by atoms with Crippen LogP contribution in [0.1, 0.15) is 27.0 Å². The number of amides is 2. The highest BCUT2D eigenvalue weighted by Gasteiger charge is 2.29. The van der Waals surface area contributed by atoms with Gasteiger partial charge in [0.05, 0.1) is 13.2 Å². The molecule has 2 heterocycles. The second-order valence-electron chi connectivity index (χ2n) is 9.53. The number of halogens is 1. The molecule has 1 N–H and O–H groups in total. The van der Waals surface area contributed by atoms with Crippen LogP contribution in [0, 0.1) is 13.8 Å². The molecular weight excluding hydrogens is 504 g/mol. The number of pyridine rings is 1. The van der Waals surface area contributed by atoms with E-state index in [-0.39, 0.29) is 24.0 Å². The van der Waals surface area contributed by atoms with Crippen LogP contribution in [-0.4, -0.2) is 72.5 Å².